The van der Waals surface area contributed by atoms with Gasteiger partial charge in [0.15, 0.2) is 0 Å². The topological polar surface area (TPSA) is 102 Å². The number of carbonyl (C=O) groups is 2. The predicted molar refractivity (Wildman–Crippen MR) is 109 cm³/mol. The molecule has 7 heteroatoms. The Labute approximate surface area is 173 Å². The molecule has 0 unspecified atom stereocenters. The van der Waals surface area contributed by atoms with Crippen molar-refractivity contribution >= 4 is 34.0 Å². The highest BCUT2D eigenvalue weighted by molar-refractivity contribution is 7.10. The zero-order valence-electron chi connectivity index (χ0n) is 15.9. The second kappa shape index (κ2) is 11.6. The van der Waals surface area contributed by atoms with Gasteiger partial charge in [0.1, 0.15) is 11.9 Å². The lowest BCUT2D eigenvalue weighted by Gasteiger charge is -2.19. The van der Waals surface area contributed by atoms with Crippen molar-refractivity contribution in [1.82, 2.24) is 5.32 Å². The maximum Gasteiger partial charge on any atom is 0.134 e. The number of carboxylic acids is 2. The Kier molecular flexibility index (Phi) is 8.88. The number of benzene rings is 2. The molecule has 0 saturated carbocycles. The van der Waals surface area contributed by atoms with Crippen molar-refractivity contribution in [2.45, 2.75) is 12.5 Å². The van der Waals surface area contributed by atoms with Gasteiger partial charge in [-0.15, -0.1) is 11.3 Å². The Morgan fingerprint density at radius 2 is 1.72 bits per heavy atom. The largest absolute Gasteiger partial charge is 0.545 e. The summed E-state index contributed by atoms with van der Waals surface area (Å²) in [6, 6.07) is 18.8. The fourth-order valence-corrected chi connectivity index (χ4v) is 3.39. The molecule has 0 saturated heterocycles. The van der Waals surface area contributed by atoms with E-state index in [2.05, 4.69) is 65.3 Å². The summed E-state index contributed by atoms with van der Waals surface area (Å²) in [4.78, 5) is 20.1. The Morgan fingerprint density at radius 3 is 2.34 bits per heavy atom. The van der Waals surface area contributed by atoms with Crippen molar-refractivity contribution in [3.63, 3.8) is 0 Å². The van der Waals surface area contributed by atoms with Gasteiger partial charge in [0.05, 0.1) is 11.9 Å². The third kappa shape index (κ3) is 7.40. The minimum Gasteiger partial charge on any atom is -0.545 e. The van der Waals surface area contributed by atoms with Crippen molar-refractivity contribution < 1.29 is 24.5 Å². The van der Waals surface area contributed by atoms with E-state index in [1.54, 1.807) is 11.3 Å². The highest BCUT2D eigenvalue weighted by atomic mass is 32.1. The summed E-state index contributed by atoms with van der Waals surface area (Å²) in [6.45, 7) is 0.938. The van der Waals surface area contributed by atoms with Crippen molar-refractivity contribution in [3.8, 4) is 5.75 Å². The highest BCUT2D eigenvalue weighted by Gasteiger charge is 2.15. The van der Waals surface area contributed by atoms with E-state index in [0.717, 1.165) is 18.7 Å². The SMILES string of the molecule is CNCC[C@H](Oc1cccc2ccccc12)c1cccs1.O=C([O-])/C=C\C(=O)[O-]. The zero-order chi connectivity index (χ0) is 21.1. The molecule has 1 N–H and O–H groups in total. The molecule has 2 aromatic carbocycles. The molecular formula is C22H21NO5S-2. The van der Waals surface area contributed by atoms with Gasteiger partial charge in [-0.1, -0.05) is 42.5 Å². The van der Waals surface area contributed by atoms with Crippen LogP contribution >= 0.6 is 11.3 Å². The third-order valence-electron chi connectivity index (χ3n) is 3.89. The fraction of sp³-hybridized carbons (Fsp3) is 0.182. The summed E-state index contributed by atoms with van der Waals surface area (Å²) >= 11 is 1.75. The third-order valence-corrected chi connectivity index (χ3v) is 4.86. The Balaban J connectivity index is 0.000000321. The van der Waals surface area contributed by atoms with Crippen LogP contribution in [0.4, 0.5) is 0 Å². The number of thiophene rings is 1. The van der Waals surface area contributed by atoms with E-state index in [9.17, 15) is 19.8 Å². The van der Waals surface area contributed by atoms with Gasteiger partial charge in [0.2, 0.25) is 0 Å². The molecule has 1 aromatic heterocycles. The molecule has 1 atom stereocenters. The van der Waals surface area contributed by atoms with Crippen LogP contribution in [0.5, 0.6) is 5.75 Å². The van der Waals surface area contributed by atoms with Gasteiger partial charge in [-0.25, -0.2) is 0 Å². The summed E-state index contributed by atoms with van der Waals surface area (Å²) in [5.41, 5.74) is 0. The number of nitrogens with one attached hydrogen (secondary N) is 1. The Hall–Kier alpha value is -3.16. The number of hydrogen-bond donors (Lipinski definition) is 1. The molecule has 0 fully saturated rings. The summed E-state index contributed by atoms with van der Waals surface area (Å²) < 4.78 is 6.34. The molecule has 0 aliphatic rings. The van der Waals surface area contributed by atoms with E-state index in [1.807, 2.05) is 7.05 Å². The molecule has 0 radical (unpaired) electrons. The number of ether oxygens (including phenoxy) is 1. The van der Waals surface area contributed by atoms with Gasteiger partial charge in [0, 0.05) is 16.7 Å². The molecule has 29 heavy (non-hydrogen) atoms. The van der Waals surface area contributed by atoms with Crippen LogP contribution in [0, 0.1) is 0 Å². The summed E-state index contributed by atoms with van der Waals surface area (Å²) in [5.74, 6) is -2.13. The molecule has 0 spiro atoms. The van der Waals surface area contributed by atoms with Gasteiger partial charge >= 0.3 is 0 Å². The van der Waals surface area contributed by atoms with Gasteiger partial charge < -0.3 is 29.9 Å². The van der Waals surface area contributed by atoms with Crippen molar-refractivity contribution in [1.29, 1.82) is 0 Å². The van der Waals surface area contributed by atoms with E-state index in [-0.39, 0.29) is 6.10 Å². The van der Waals surface area contributed by atoms with Crippen molar-refractivity contribution in [2.75, 3.05) is 13.6 Å². The number of rotatable bonds is 8. The van der Waals surface area contributed by atoms with Gasteiger partial charge in [0.25, 0.3) is 0 Å². The molecule has 0 amide bonds. The van der Waals surface area contributed by atoms with Crippen LogP contribution in [-0.4, -0.2) is 25.5 Å². The minimum absolute atomic E-state index is 0.100. The van der Waals surface area contributed by atoms with E-state index >= 15 is 0 Å². The van der Waals surface area contributed by atoms with Crippen LogP contribution < -0.4 is 20.3 Å². The Morgan fingerprint density at radius 1 is 1.03 bits per heavy atom. The van der Waals surface area contributed by atoms with Crippen LogP contribution in [0.3, 0.4) is 0 Å². The van der Waals surface area contributed by atoms with Crippen LogP contribution in [0.2, 0.25) is 0 Å². The monoisotopic (exact) mass is 411 g/mol. The lowest BCUT2D eigenvalue weighted by molar-refractivity contribution is -0.301. The second-order valence-electron chi connectivity index (χ2n) is 5.96. The van der Waals surface area contributed by atoms with Crippen molar-refractivity contribution in [3.05, 3.63) is 77.0 Å². The smallest absolute Gasteiger partial charge is 0.134 e. The number of carboxylic acid groups (broad SMARTS) is 2. The maximum atomic E-state index is 9.41. The van der Waals surface area contributed by atoms with Crippen LogP contribution in [-0.2, 0) is 9.59 Å². The summed E-state index contributed by atoms with van der Waals surface area (Å²) in [6.07, 6.45) is 1.83. The van der Waals surface area contributed by atoms with Crippen LogP contribution in [0.25, 0.3) is 10.8 Å². The predicted octanol–water partition coefficient (Wildman–Crippen LogP) is 1.67. The van der Waals surface area contributed by atoms with Gasteiger partial charge in [-0.05, 0) is 48.6 Å². The molecule has 0 aliphatic heterocycles. The molecule has 0 bridgehead atoms. The lowest BCUT2D eigenvalue weighted by Crippen LogP contribution is -2.23. The van der Waals surface area contributed by atoms with Gasteiger partial charge in [-0.2, -0.15) is 0 Å². The van der Waals surface area contributed by atoms with E-state index < -0.39 is 11.9 Å². The first kappa shape index (κ1) is 22.1. The Bertz CT molecular complexity index is 932. The second-order valence-corrected chi connectivity index (χ2v) is 6.94. The normalized spacial score (nSPS) is 11.6. The fourth-order valence-electron chi connectivity index (χ4n) is 2.60. The maximum absolute atomic E-state index is 9.41. The zero-order valence-corrected chi connectivity index (χ0v) is 16.7. The number of aliphatic carboxylic acids is 2. The molecule has 3 rings (SSSR count). The van der Waals surface area contributed by atoms with Crippen LogP contribution in [0.1, 0.15) is 17.4 Å². The number of hydrogen-bond acceptors (Lipinski definition) is 7. The van der Waals surface area contributed by atoms with E-state index in [1.165, 1.54) is 15.6 Å². The van der Waals surface area contributed by atoms with E-state index in [4.69, 9.17) is 4.74 Å². The van der Waals surface area contributed by atoms with Crippen molar-refractivity contribution in [2.24, 2.45) is 0 Å². The highest BCUT2D eigenvalue weighted by Crippen LogP contribution is 2.32. The quantitative estimate of drug-likeness (QED) is 0.566. The molecular weight excluding hydrogens is 390 g/mol. The standard InChI is InChI=1S/C18H19NOS.C4H4O4/c1-19-12-11-17(18-10-5-13-21-18)20-16-9-4-7-14-6-2-3-8-15(14)16;5-3(6)1-2-4(7)8/h2-10,13,17,19H,11-12H2,1H3;1-2H,(H,5,6)(H,7,8)/p-2/b;2-1-/t17-;/m0./s1. The van der Waals surface area contributed by atoms with E-state index in [0.29, 0.717) is 12.2 Å². The summed E-state index contributed by atoms with van der Waals surface area (Å²) in [7, 11) is 1.98. The molecule has 0 aliphatic carbocycles. The van der Waals surface area contributed by atoms with Crippen LogP contribution in [0.15, 0.2) is 72.1 Å². The minimum atomic E-state index is -1.55. The molecule has 6 nitrogen and oxygen atoms in total. The lowest BCUT2D eigenvalue weighted by atomic mass is 10.1. The molecule has 1 heterocycles. The first-order chi connectivity index (χ1) is 14.0. The average Bonchev–Trinajstić information content (AvgIpc) is 3.25. The first-order valence-electron chi connectivity index (χ1n) is 8.93. The summed E-state index contributed by atoms with van der Waals surface area (Å²) in [5, 5.41) is 26.5. The van der Waals surface area contributed by atoms with Gasteiger partial charge in [-0.3, -0.25) is 0 Å². The number of fused-ring (bicyclic) bond motifs is 1. The molecule has 152 valence electrons. The average molecular weight is 411 g/mol. The number of carbonyl (C=O) groups excluding carboxylic acids is 2. The molecule has 3 aromatic rings. The first-order valence-corrected chi connectivity index (χ1v) is 9.81.